The third-order valence-electron chi connectivity index (χ3n) is 5.59. The van der Waals surface area contributed by atoms with E-state index in [-0.39, 0.29) is 10.9 Å². The summed E-state index contributed by atoms with van der Waals surface area (Å²) in [7, 11) is -1.80. The van der Waals surface area contributed by atoms with Crippen molar-refractivity contribution < 1.29 is 8.42 Å². The molecular weight excluding hydrogens is 334 g/mol. The van der Waals surface area contributed by atoms with Crippen LogP contribution in [0.2, 0.25) is 0 Å². The van der Waals surface area contributed by atoms with Gasteiger partial charge in [0.2, 0.25) is 10.0 Å². The van der Waals surface area contributed by atoms with Crippen LogP contribution >= 0.6 is 0 Å². The maximum Gasteiger partial charge on any atom is 0.244 e. The Balaban J connectivity index is 1.59. The Hall–Kier alpha value is -1.76. The Morgan fingerprint density at radius 3 is 2.80 bits per heavy atom. The van der Waals surface area contributed by atoms with Crippen molar-refractivity contribution in [3.63, 3.8) is 0 Å². The van der Waals surface area contributed by atoms with Crippen molar-refractivity contribution in [2.75, 3.05) is 20.1 Å². The lowest BCUT2D eigenvalue weighted by Gasteiger charge is -2.45. The molecular formula is C19H23N3O2S. The first kappa shape index (κ1) is 16.7. The number of fused-ring (bicyclic) bond motifs is 3. The van der Waals surface area contributed by atoms with Gasteiger partial charge in [0.05, 0.1) is 0 Å². The first-order valence-corrected chi connectivity index (χ1v) is 10.2. The first-order chi connectivity index (χ1) is 12.1. The van der Waals surface area contributed by atoms with Gasteiger partial charge in [0.15, 0.2) is 0 Å². The molecule has 0 bridgehead atoms. The van der Waals surface area contributed by atoms with Gasteiger partial charge < -0.3 is 0 Å². The molecule has 2 aliphatic rings. The van der Waals surface area contributed by atoms with Gasteiger partial charge in [-0.1, -0.05) is 24.3 Å². The highest BCUT2D eigenvalue weighted by atomic mass is 32.2. The van der Waals surface area contributed by atoms with Crippen molar-refractivity contribution >= 4 is 10.0 Å². The fourth-order valence-corrected chi connectivity index (χ4v) is 5.49. The van der Waals surface area contributed by atoms with Gasteiger partial charge in [0.1, 0.15) is 4.90 Å². The second-order valence-electron chi connectivity index (χ2n) is 6.89. The van der Waals surface area contributed by atoms with Gasteiger partial charge in [-0.05, 0) is 42.5 Å². The highest BCUT2D eigenvalue weighted by Crippen LogP contribution is 2.38. The van der Waals surface area contributed by atoms with Crippen LogP contribution in [0.5, 0.6) is 0 Å². The number of hydrogen-bond acceptors (Lipinski definition) is 4. The van der Waals surface area contributed by atoms with E-state index in [4.69, 9.17) is 0 Å². The van der Waals surface area contributed by atoms with Gasteiger partial charge in [-0.3, -0.25) is 9.88 Å². The summed E-state index contributed by atoms with van der Waals surface area (Å²) in [5.41, 5.74) is 2.77. The topological polar surface area (TPSA) is 53.5 Å². The molecule has 0 spiro atoms. The fourth-order valence-electron chi connectivity index (χ4n) is 4.13. The average molecular weight is 357 g/mol. The third-order valence-corrected chi connectivity index (χ3v) is 7.49. The van der Waals surface area contributed by atoms with E-state index in [1.807, 2.05) is 0 Å². The number of piperidine rings is 1. The molecule has 132 valence electrons. The number of hydrogen-bond donors (Lipinski definition) is 0. The van der Waals surface area contributed by atoms with Crippen LogP contribution in [-0.2, 0) is 16.4 Å². The number of benzene rings is 1. The normalized spacial score (nSPS) is 23.9. The van der Waals surface area contributed by atoms with Crippen molar-refractivity contribution in [2.45, 2.75) is 36.2 Å². The van der Waals surface area contributed by atoms with E-state index in [0.29, 0.717) is 6.04 Å². The summed E-state index contributed by atoms with van der Waals surface area (Å²) in [6.07, 6.45) is 5.82. The average Bonchev–Trinajstić information content (AvgIpc) is 2.67. The van der Waals surface area contributed by atoms with E-state index in [1.165, 1.54) is 17.3 Å². The summed E-state index contributed by atoms with van der Waals surface area (Å²) in [6, 6.07) is 12.2. The molecule has 3 heterocycles. The molecule has 5 nitrogen and oxygen atoms in total. The molecule has 1 saturated heterocycles. The van der Waals surface area contributed by atoms with Crippen molar-refractivity contribution in [1.82, 2.24) is 14.2 Å². The van der Waals surface area contributed by atoms with Crippen molar-refractivity contribution in [3.05, 3.63) is 59.9 Å². The van der Waals surface area contributed by atoms with Crippen LogP contribution in [0.1, 0.15) is 30.0 Å². The van der Waals surface area contributed by atoms with Gasteiger partial charge >= 0.3 is 0 Å². The summed E-state index contributed by atoms with van der Waals surface area (Å²) >= 11 is 0. The lowest BCUT2D eigenvalue weighted by atomic mass is 9.85. The van der Waals surface area contributed by atoms with Crippen LogP contribution in [0.25, 0.3) is 0 Å². The molecule has 1 aromatic carbocycles. The largest absolute Gasteiger partial charge is 0.296 e. The van der Waals surface area contributed by atoms with Crippen LogP contribution in [0.15, 0.2) is 53.7 Å². The zero-order valence-corrected chi connectivity index (χ0v) is 15.2. The monoisotopic (exact) mass is 357 g/mol. The Bertz CT molecular complexity index is 854. The lowest BCUT2D eigenvalue weighted by Crippen LogP contribution is -2.48. The summed E-state index contributed by atoms with van der Waals surface area (Å²) in [5.74, 6) is 0. The number of nitrogens with zero attached hydrogens (tertiary/aromatic N) is 3. The standard InChI is InChI=1S/C19H23N3O2S/c1-21(25(23,24)17-6-4-10-20-14-17)16-9-12-22-11-8-15-5-2-3-7-18(15)19(22)13-16/h2-7,10,14,16,19H,8-9,11-13H2,1H3. The predicted molar refractivity (Wildman–Crippen MR) is 96.7 cm³/mol. The SMILES string of the molecule is CN(C1CCN2CCc3ccccc3C2C1)S(=O)(=O)c1cccnc1. The van der Waals surface area contributed by atoms with Crippen LogP contribution in [0.3, 0.4) is 0 Å². The van der Waals surface area contributed by atoms with Crippen LogP contribution < -0.4 is 0 Å². The minimum absolute atomic E-state index is 0.0117. The Labute approximate surface area is 149 Å². The maximum absolute atomic E-state index is 12.9. The van der Waals surface area contributed by atoms with Gasteiger partial charge in [0, 0.05) is 44.6 Å². The minimum Gasteiger partial charge on any atom is -0.296 e. The first-order valence-electron chi connectivity index (χ1n) is 8.77. The molecule has 1 fully saturated rings. The second kappa shape index (κ2) is 6.52. The molecule has 2 aliphatic heterocycles. The Morgan fingerprint density at radius 1 is 1.16 bits per heavy atom. The molecule has 0 N–H and O–H groups in total. The van der Waals surface area contributed by atoms with Crippen LogP contribution in [0, 0.1) is 0 Å². The summed E-state index contributed by atoms with van der Waals surface area (Å²) < 4.78 is 27.4. The van der Waals surface area contributed by atoms with Gasteiger partial charge in [-0.15, -0.1) is 0 Å². The lowest BCUT2D eigenvalue weighted by molar-refractivity contribution is 0.0969. The molecule has 2 aromatic rings. The quantitative estimate of drug-likeness (QED) is 0.847. The van der Waals surface area contributed by atoms with E-state index in [0.717, 1.165) is 32.4 Å². The molecule has 2 unspecified atom stereocenters. The maximum atomic E-state index is 12.9. The molecule has 6 heteroatoms. The zero-order chi connectivity index (χ0) is 17.4. The van der Waals surface area contributed by atoms with E-state index < -0.39 is 10.0 Å². The molecule has 2 atom stereocenters. The highest BCUT2D eigenvalue weighted by molar-refractivity contribution is 7.89. The van der Waals surface area contributed by atoms with Crippen molar-refractivity contribution in [2.24, 2.45) is 0 Å². The van der Waals surface area contributed by atoms with Crippen LogP contribution in [-0.4, -0.2) is 48.8 Å². The zero-order valence-electron chi connectivity index (χ0n) is 14.4. The molecule has 0 amide bonds. The highest BCUT2D eigenvalue weighted by Gasteiger charge is 2.38. The minimum atomic E-state index is -3.50. The van der Waals surface area contributed by atoms with Crippen molar-refractivity contribution in [3.8, 4) is 0 Å². The molecule has 25 heavy (non-hydrogen) atoms. The van der Waals surface area contributed by atoms with Gasteiger partial charge in [0.25, 0.3) is 0 Å². The Morgan fingerprint density at radius 2 is 2.00 bits per heavy atom. The summed E-state index contributed by atoms with van der Waals surface area (Å²) in [5, 5.41) is 0. The summed E-state index contributed by atoms with van der Waals surface area (Å²) in [4.78, 5) is 6.73. The number of pyridine rings is 1. The van der Waals surface area contributed by atoms with E-state index in [1.54, 1.807) is 29.7 Å². The molecule has 0 radical (unpaired) electrons. The number of aromatic nitrogens is 1. The smallest absolute Gasteiger partial charge is 0.244 e. The van der Waals surface area contributed by atoms with Crippen LogP contribution in [0.4, 0.5) is 0 Å². The van der Waals surface area contributed by atoms with Crippen molar-refractivity contribution in [1.29, 1.82) is 0 Å². The number of rotatable bonds is 3. The molecule has 1 aromatic heterocycles. The van der Waals surface area contributed by atoms with E-state index in [9.17, 15) is 8.42 Å². The fraction of sp³-hybridized carbons (Fsp3) is 0.421. The molecule has 0 aliphatic carbocycles. The summed E-state index contributed by atoms with van der Waals surface area (Å²) in [6.45, 7) is 2.00. The van der Waals surface area contributed by atoms with Gasteiger partial charge in [-0.25, -0.2) is 8.42 Å². The van der Waals surface area contributed by atoms with Gasteiger partial charge in [-0.2, -0.15) is 4.31 Å². The molecule has 4 rings (SSSR count). The van der Waals surface area contributed by atoms with E-state index >= 15 is 0 Å². The number of sulfonamides is 1. The second-order valence-corrected chi connectivity index (χ2v) is 8.89. The molecule has 0 saturated carbocycles. The Kier molecular flexibility index (Phi) is 4.35. The third kappa shape index (κ3) is 2.99. The predicted octanol–water partition coefficient (Wildman–Crippen LogP) is 2.46. The van der Waals surface area contributed by atoms with E-state index in [2.05, 4.69) is 34.1 Å².